The maximum atomic E-state index is 13.4. The number of halogens is 4. The van der Waals surface area contributed by atoms with E-state index >= 15 is 0 Å². The largest absolute Gasteiger partial charge is 0.457 e. The van der Waals surface area contributed by atoms with Gasteiger partial charge >= 0.3 is 12.2 Å². The predicted molar refractivity (Wildman–Crippen MR) is 140 cm³/mol. The highest BCUT2D eigenvalue weighted by atomic mass is 35.5. The van der Waals surface area contributed by atoms with Gasteiger partial charge in [-0.05, 0) is 66.2 Å². The molecule has 1 atom stereocenters. The van der Waals surface area contributed by atoms with E-state index in [-0.39, 0.29) is 31.8 Å². The smallest absolute Gasteiger partial charge is 0.416 e. The molecule has 0 aromatic heterocycles. The summed E-state index contributed by atoms with van der Waals surface area (Å²) >= 11 is 5.90. The number of amides is 2. The molecule has 4 rings (SSSR count). The quantitative estimate of drug-likeness (QED) is 0.348. The fourth-order valence-electron chi connectivity index (χ4n) is 4.13. The first-order valence-corrected chi connectivity index (χ1v) is 13.9. The van der Waals surface area contributed by atoms with E-state index in [4.69, 9.17) is 21.4 Å². The lowest BCUT2D eigenvalue weighted by Crippen LogP contribution is -2.38. The molecule has 2 N–H and O–H groups in total. The fourth-order valence-corrected chi connectivity index (χ4v) is 5.26. The maximum Gasteiger partial charge on any atom is 0.416 e. The van der Waals surface area contributed by atoms with Crippen LogP contribution in [0.25, 0.3) is 0 Å². The molecular weight excluding hydrogens is 559 g/mol. The number of anilines is 1. The Morgan fingerprint density at radius 1 is 1.03 bits per heavy atom. The number of rotatable bonds is 10. The van der Waals surface area contributed by atoms with Crippen LogP contribution in [0.2, 0.25) is 5.02 Å². The first kappa shape index (κ1) is 28.7. The zero-order valence-corrected chi connectivity index (χ0v) is 22.0. The molecule has 39 heavy (non-hydrogen) atoms. The van der Waals surface area contributed by atoms with Gasteiger partial charge in [-0.1, -0.05) is 23.7 Å². The summed E-state index contributed by atoms with van der Waals surface area (Å²) in [5.74, 6) is 0.560. The summed E-state index contributed by atoms with van der Waals surface area (Å²) < 4.78 is 72.7. The number of hydrogen-bond acceptors (Lipinski definition) is 5. The number of alkyl halides is 3. The first-order chi connectivity index (χ1) is 18.5. The van der Waals surface area contributed by atoms with Gasteiger partial charge in [0.25, 0.3) is 0 Å². The minimum atomic E-state index is -4.57. The molecule has 1 fully saturated rings. The summed E-state index contributed by atoms with van der Waals surface area (Å²) in [6.07, 6.45) is -4.57. The molecule has 1 unspecified atom stereocenters. The second-order valence-corrected chi connectivity index (χ2v) is 11.1. The van der Waals surface area contributed by atoms with Crippen molar-refractivity contribution in [1.82, 2.24) is 9.62 Å². The van der Waals surface area contributed by atoms with Gasteiger partial charge in [-0.2, -0.15) is 13.2 Å². The Kier molecular flexibility index (Phi) is 8.70. The van der Waals surface area contributed by atoms with Crippen LogP contribution in [0.3, 0.4) is 0 Å². The Labute approximate surface area is 228 Å². The molecule has 0 radical (unpaired) electrons. The second-order valence-electron chi connectivity index (χ2n) is 8.72. The summed E-state index contributed by atoms with van der Waals surface area (Å²) in [6.45, 7) is -0.771. The number of nitrogens with one attached hydrogen (secondary N) is 1. The van der Waals surface area contributed by atoms with Crippen LogP contribution >= 0.6 is 11.6 Å². The number of sulfonamides is 1. The molecule has 1 aliphatic heterocycles. The minimum Gasteiger partial charge on any atom is -0.457 e. The number of hydrogen-bond donors (Lipinski definition) is 2. The van der Waals surface area contributed by atoms with Crippen LogP contribution in [-0.4, -0.2) is 56.4 Å². The third kappa shape index (κ3) is 7.21. The molecule has 3 aromatic carbocycles. The number of aliphatic hydroxyl groups is 1. The lowest BCUT2D eigenvalue weighted by atomic mass is 10.0. The average molecular weight is 584 g/mol. The minimum absolute atomic E-state index is 0.0291. The van der Waals surface area contributed by atoms with E-state index in [0.29, 0.717) is 22.2 Å². The molecule has 0 aliphatic carbocycles. The zero-order valence-electron chi connectivity index (χ0n) is 20.4. The molecule has 3 aromatic rings. The SMILES string of the molecule is O=C1N(CCS(=O)(=O)NCCO)CC(c2cccc(C(F)(F)F)c2)N1c1ccc(Oc2ccc(Cl)cc2)cc1. The van der Waals surface area contributed by atoms with Crippen LogP contribution in [-0.2, 0) is 16.2 Å². The van der Waals surface area contributed by atoms with Gasteiger partial charge in [-0.25, -0.2) is 17.9 Å². The van der Waals surface area contributed by atoms with Gasteiger partial charge < -0.3 is 14.7 Å². The monoisotopic (exact) mass is 583 g/mol. The highest BCUT2D eigenvalue weighted by Crippen LogP contribution is 2.38. The zero-order chi connectivity index (χ0) is 28.2. The number of carbonyl (C=O) groups excluding carboxylic acids is 1. The van der Waals surface area contributed by atoms with Crippen LogP contribution in [0, 0.1) is 0 Å². The van der Waals surface area contributed by atoms with Crippen LogP contribution in [0.15, 0.2) is 72.8 Å². The Hall–Kier alpha value is -3.32. The number of ether oxygens (including phenoxy) is 1. The molecule has 1 saturated heterocycles. The number of benzene rings is 3. The van der Waals surface area contributed by atoms with E-state index in [1.165, 1.54) is 21.9 Å². The van der Waals surface area contributed by atoms with Crippen molar-refractivity contribution in [3.05, 3.63) is 88.9 Å². The normalized spacial score (nSPS) is 16.1. The molecule has 8 nitrogen and oxygen atoms in total. The standard InChI is InChI=1S/C26H25ClF3N3O5S/c27-20-4-8-22(9-5-20)38-23-10-6-21(7-11-23)33-24(18-2-1-3-19(16-18)26(28,29)30)17-32(25(33)35)13-15-39(36,37)31-12-14-34/h1-11,16,24,31,34H,12-15,17H2. The Morgan fingerprint density at radius 3 is 2.28 bits per heavy atom. The van der Waals surface area contributed by atoms with Crippen molar-refractivity contribution in [3.8, 4) is 11.5 Å². The van der Waals surface area contributed by atoms with Crippen molar-refractivity contribution in [1.29, 1.82) is 0 Å². The molecule has 208 valence electrons. The van der Waals surface area contributed by atoms with Gasteiger partial charge in [0.05, 0.1) is 24.0 Å². The van der Waals surface area contributed by atoms with Gasteiger partial charge in [-0.15, -0.1) is 0 Å². The Morgan fingerprint density at radius 2 is 1.67 bits per heavy atom. The second kappa shape index (κ2) is 11.8. The van der Waals surface area contributed by atoms with E-state index in [1.807, 2.05) is 0 Å². The Bertz CT molecular complexity index is 1400. The fraction of sp³-hybridized carbons (Fsp3) is 0.269. The predicted octanol–water partition coefficient (Wildman–Crippen LogP) is 5.05. The molecular formula is C26H25ClF3N3O5S. The molecule has 0 bridgehead atoms. The molecule has 1 aliphatic rings. The van der Waals surface area contributed by atoms with Crippen LogP contribution in [0.1, 0.15) is 17.2 Å². The van der Waals surface area contributed by atoms with Crippen molar-refractivity contribution in [2.24, 2.45) is 0 Å². The number of urea groups is 1. The van der Waals surface area contributed by atoms with E-state index in [9.17, 15) is 26.4 Å². The van der Waals surface area contributed by atoms with E-state index in [0.717, 1.165) is 12.1 Å². The lowest BCUT2D eigenvalue weighted by Gasteiger charge is -2.24. The lowest BCUT2D eigenvalue weighted by molar-refractivity contribution is -0.137. The van der Waals surface area contributed by atoms with Gasteiger partial charge in [0, 0.05) is 30.3 Å². The third-order valence-electron chi connectivity index (χ3n) is 6.01. The van der Waals surface area contributed by atoms with Gasteiger partial charge in [0.1, 0.15) is 11.5 Å². The van der Waals surface area contributed by atoms with E-state index < -0.39 is 39.6 Å². The molecule has 1 heterocycles. The highest BCUT2D eigenvalue weighted by Gasteiger charge is 2.40. The Balaban J connectivity index is 1.61. The first-order valence-electron chi connectivity index (χ1n) is 11.8. The van der Waals surface area contributed by atoms with Crippen LogP contribution < -0.4 is 14.4 Å². The summed E-state index contributed by atoms with van der Waals surface area (Å²) in [6, 6.07) is 16.5. The van der Waals surface area contributed by atoms with Gasteiger partial charge in [-0.3, -0.25) is 4.90 Å². The molecule has 0 spiro atoms. The van der Waals surface area contributed by atoms with Crippen LogP contribution in [0.5, 0.6) is 11.5 Å². The number of aliphatic hydroxyl groups excluding tert-OH is 1. The summed E-state index contributed by atoms with van der Waals surface area (Å²) in [5, 5.41) is 9.42. The number of carbonyl (C=O) groups is 1. The van der Waals surface area contributed by atoms with Gasteiger partial charge in [0.15, 0.2) is 0 Å². The topological polar surface area (TPSA) is 99.2 Å². The third-order valence-corrected chi connectivity index (χ3v) is 7.62. The van der Waals surface area contributed by atoms with Gasteiger partial charge in [0.2, 0.25) is 10.0 Å². The molecule has 0 saturated carbocycles. The average Bonchev–Trinajstić information content (AvgIpc) is 3.24. The maximum absolute atomic E-state index is 13.4. The van der Waals surface area contributed by atoms with E-state index in [1.54, 1.807) is 48.5 Å². The summed E-state index contributed by atoms with van der Waals surface area (Å²) in [7, 11) is -3.78. The number of nitrogens with zero attached hydrogens (tertiary/aromatic N) is 2. The van der Waals surface area contributed by atoms with Crippen molar-refractivity contribution >= 4 is 33.3 Å². The van der Waals surface area contributed by atoms with Crippen molar-refractivity contribution in [3.63, 3.8) is 0 Å². The van der Waals surface area contributed by atoms with Crippen LogP contribution in [0.4, 0.5) is 23.7 Å². The van der Waals surface area contributed by atoms with Crippen molar-refractivity contribution in [2.45, 2.75) is 12.2 Å². The van der Waals surface area contributed by atoms with E-state index in [2.05, 4.69) is 4.72 Å². The summed E-state index contributed by atoms with van der Waals surface area (Å²) in [5.41, 5.74) is -0.202. The summed E-state index contributed by atoms with van der Waals surface area (Å²) in [4.78, 5) is 16.1. The van der Waals surface area contributed by atoms with Crippen molar-refractivity contribution in [2.75, 3.05) is 36.9 Å². The molecule has 2 amide bonds. The highest BCUT2D eigenvalue weighted by molar-refractivity contribution is 7.89. The van der Waals surface area contributed by atoms with Crippen molar-refractivity contribution < 1.29 is 36.2 Å². The molecule has 13 heteroatoms.